The topological polar surface area (TPSA) is 397 Å². The molecule has 0 spiro atoms. The van der Waals surface area contributed by atoms with Gasteiger partial charge in [0.05, 0.1) is 30.5 Å². The Balaban J connectivity index is -0.0000000201. The minimum atomic E-state index is -1.75. The van der Waals surface area contributed by atoms with Gasteiger partial charge in [-0.3, -0.25) is 0 Å². The van der Waals surface area contributed by atoms with Crippen LogP contribution in [-0.4, -0.2) is 30.5 Å². The summed E-state index contributed by atoms with van der Waals surface area (Å²) in [6.07, 6.45) is 0. The van der Waals surface area contributed by atoms with Gasteiger partial charge in [0, 0.05) is 0 Å². The summed E-state index contributed by atoms with van der Waals surface area (Å²) in [7, 11) is 0. The Hall–Kier alpha value is -3.29. The average molecular weight is 549 g/mol. The molecular weight excluding hydrogens is 549 g/mol. The summed E-state index contributed by atoms with van der Waals surface area (Å²) in [6, 6.07) is 0. The van der Waals surface area contributed by atoms with Crippen molar-refractivity contribution in [1.29, 1.82) is 0 Å². The van der Waals surface area contributed by atoms with Gasteiger partial charge in [0.1, 0.15) is 0 Å². The zero-order chi connectivity index (χ0) is 21.5. The van der Waals surface area contributed by atoms with Crippen LogP contribution >= 0.6 is 0 Å². The molecule has 0 saturated carbocycles. The molecular formula is Co2N6NiO18. The molecule has 0 rings (SSSR count). The van der Waals surface area contributed by atoms with Crippen LogP contribution in [0, 0.1) is 91.9 Å². The minimum Gasteiger partial charge on any atom is -0.356 e. The van der Waals surface area contributed by atoms with Crippen molar-refractivity contribution in [1.82, 2.24) is 0 Å². The first-order valence-corrected chi connectivity index (χ1v) is 3.29. The smallest absolute Gasteiger partial charge is 0.356 e. The van der Waals surface area contributed by atoms with E-state index in [1.54, 1.807) is 0 Å². The van der Waals surface area contributed by atoms with Crippen LogP contribution in [0.3, 0.4) is 0 Å². The molecule has 0 unspecified atom stereocenters. The van der Waals surface area contributed by atoms with Crippen molar-refractivity contribution in [2.24, 2.45) is 0 Å². The fourth-order valence-corrected chi connectivity index (χ4v) is 0. The van der Waals surface area contributed by atoms with Gasteiger partial charge in [0.2, 0.25) is 0 Å². The van der Waals surface area contributed by atoms with E-state index in [1.165, 1.54) is 0 Å². The first-order chi connectivity index (χ1) is 10.4. The van der Waals surface area contributed by atoms with E-state index in [1.807, 2.05) is 0 Å². The molecule has 0 aromatic rings. The van der Waals surface area contributed by atoms with Gasteiger partial charge in [0.15, 0.2) is 0 Å². The van der Waals surface area contributed by atoms with E-state index < -0.39 is 30.5 Å². The number of hydrogen-bond acceptors (Lipinski definition) is 18. The first kappa shape index (κ1) is 56.5. The predicted octanol–water partition coefficient (Wildman–Crippen LogP) is -1.44. The molecule has 27 heavy (non-hydrogen) atoms. The standard InChI is InChI=1S/2Co.6NO3.Ni/c;;6*2-1(3)4;/q2*+2;6*-1;+2. The van der Waals surface area contributed by atoms with Gasteiger partial charge in [-0.15, -0.1) is 0 Å². The van der Waals surface area contributed by atoms with E-state index in [0.29, 0.717) is 0 Å². The van der Waals surface area contributed by atoms with Crippen molar-refractivity contribution in [3.05, 3.63) is 91.9 Å². The Kier molecular flexibility index (Phi) is 104. The average Bonchev–Trinajstić information content (AvgIpc) is 2.08. The zero-order valence-electron chi connectivity index (χ0n) is 11.0. The summed E-state index contributed by atoms with van der Waals surface area (Å²) in [6.45, 7) is 0. The number of hydrogen-bond donors (Lipinski definition) is 0. The SMILES string of the molecule is O=[N+]([O-])[O-].O=[N+]([O-])[O-].O=[N+]([O-])[O-].O=[N+]([O-])[O-].O=[N+]([O-])[O-].O=[N+]([O-])[O-].[Co+2].[Co+2].[Ni+2]. The Morgan fingerprint density at radius 3 is 0.296 bits per heavy atom. The molecule has 0 aliphatic heterocycles. The van der Waals surface area contributed by atoms with Gasteiger partial charge in [-0.2, -0.15) is 0 Å². The third kappa shape index (κ3) is 898. The van der Waals surface area contributed by atoms with Gasteiger partial charge < -0.3 is 91.9 Å². The first-order valence-electron chi connectivity index (χ1n) is 3.29. The summed E-state index contributed by atoms with van der Waals surface area (Å²) >= 11 is 0. The fourth-order valence-electron chi connectivity index (χ4n) is 0. The summed E-state index contributed by atoms with van der Waals surface area (Å²) < 4.78 is 0. The Bertz CT molecular complexity index is 267. The molecule has 0 amide bonds. The maximum absolute atomic E-state index is 8.25. The molecule has 166 valence electrons. The van der Waals surface area contributed by atoms with E-state index in [-0.39, 0.29) is 50.0 Å². The van der Waals surface area contributed by atoms with Crippen molar-refractivity contribution in [2.45, 2.75) is 0 Å². The van der Waals surface area contributed by atoms with Crippen LogP contribution in [0.25, 0.3) is 0 Å². The molecule has 0 N–H and O–H groups in total. The monoisotopic (exact) mass is 548 g/mol. The molecule has 0 aromatic carbocycles. The van der Waals surface area contributed by atoms with Gasteiger partial charge in [0.25, 0.3) is 0 Å². The molecule has 0 bridgehead atoms. The van der Waals surface area contributed by atoms with Crippen LogP contribution in [0.1, 0.15) is 0 Å². The van der Waals surface area contributed by atoms with Crippen molar-refractivity contribution < 1.29 is 80.6 Å². The summed E-state index contributed by atoms with van der Waals surface area (Å²) in [5, 5.41) is 88.5. The van der Waals surface area contributed by atoms with Crippen molar-refractivity contribution >= 4 is 0 Å². The summed E-state index contributed by atoms with van der Waals surface area (Å²) in [4.78, 5) is 49.5. The van der Waals surface area contributed by atoms with Gasteiger partial charge in [-0.25, -0.2) is 0 Å². The third-order valence-corrected chi connectivity index (χ3v) is 0. The van der Waals surface area contributed by atoms with Crippen LogP contribution in [0.5, 0.6) is 0 Å². The van der Waals surface area contributed by atoms with Crippen molar-refractivity contribution in [3.8, 4) is 0 Å². The second-order valence-electron chi connectivity index (χ2n) is 1.34. The molecule has 27 heteroatoms. The molecule has 0 aliphatic carbocycles. The predicted molar refractivity (Wildman–Crippen MR) is 62.2 cm³/mol. The maximum Gasteiger partial charge on any atom is 2.00 e. The van der Waals surface area contributed by atoms with Crippen LogP contribution in [0.15, 0.2) is 0 Å². The van der Waals surface area contributed by atoms with Crippen LogP contribution < -0.4 is 0 Å². The van der Waals surface area contributed by atoms with E-state index in [2.05, 4.69) is 0 Å². The molecule has 0 fully saturated rings. The largest absolute Gasteiger partial charge is 2.00 e. The van der Waals surface area contributed by atoms with Gasteiger partial charge in [-0.1, -0.05) is 0 Å². The van der Waals surface area contributed by atoms with E-state index in [0.717, 1.165) is 0 Å². The quantitative estimate of drug-likeness (QED) is 0.190. The fraction of sp³-hybridized carbons (Fsp3) is 0. The van der Waals surface area contributed by atoms with Gasteiger partial charge in [-0.05, 0) is 0 Å². The minimum absolute atomic E-state index is 0. The normalized spacial score (nSPS) is 5.33. The Morgan fingerprint density at radius 1 is 0.296 bits per heavy atom. The molecule has 0 aromatic heterocycles. The van der Waals surface area contributed by atoms with Gasteiger partial charge >= 0.3 is 50.0 Å². The maximum atomic E-state index is 8.25. The molecule has 0 aliphatic rings. The molecule has 2 radical (unpaired) electrons. The molecule has 0 atom stereocenters. The van der Waals surface area contributed by atoms with Crippen molar-refractivity contribution in [2.75, 3.05) is 0 Å². The number of nitrogens with zero attached hydrogens (tertiary/aromatic N) is 6. The molecule has 0 saturated heterocycles. The molecule has 24 nitrogen and oxygen atoms in total. The van der Waals surface area contributed by atoms with Crippen LogP contribution in [0.4, 0.5) is 0 Å². The Labute approximate surface area is 172 Å². The van der Waals surface area contributed by atoms with E-state index in [9.17, 15) is 0 Å². The summed E-state index contributed by atoms with van der Waals surface area (Å²) in [5.74, 6) is 0. The third-order valence-electron chi connectivity index (χ3n) is 0. The summed E-state index contributed by atoms with van der Waals surface area (Å²) in [5.41, 5.74) is 0. The second-order valence-corrected chi connectivity index (χ2v) is 1.34. The molecule has 0 heterocycles. The zero-order valence-corrected chi connectivity index (χ0v) is 14.1. The number of rotatable bonds is 0. The van der Waals surface area contributed by atoms with Crippen molar-refractivity contribution in [3.63, 3.8) is 0 Å². The second kappa shape index (κ2) is 49.5. The van der Waals surface area contributed by atoms with E-state index in [4.69, 9.17) is 91.9 Å². The Morgan fingerprint density at radius 2 is 0.296 bits per heavy atom. The van der Waals surface area contributed by atoms with Crippen LogP contribution in [-0.2, 0) is 50.0 Å². The van der Waals surface area contributed by atoms with E-state index >= 15 is 0 Å². The van der Waals surface area contributed by atoms with Crippen LogP contribution in [0.2, 0.25) is 0 Å².